The van der Waals surface area contributed by atoms with E-state index in [0.29, 0.717) is 11.5 Å². The summed E-state index contributed by atoms with van der Waals surface area (Å²) in [4.78, 5) is 30.8. The third kappa shape index (κ3) is 3.85. The number of carbonyl (C=O) groups is 2. The largest absolute Gasteiger partial charge is 0.478 e. The molecule has 3 N–H and O–H groups in total. The van der Waals surface area contributed by atoms with Crippen molar-refractivity contribution >= 4 is 11.9 Å². The number of aryl methyl sites for hydroxylation is 1. The van der Waals surface area contributed by atoms with Crippen LogP contribution in [0.3, 0.4) is 0 Å². The van der Waals surface area contributed by atoms with Crippen LogP contribution < -0.4 is 5.32 Å². The number of nitrogens with zero attached hydrogens (tertiary/aromatic N) is 3. The van der Waals surface area contributed by atoms with Gasteiger partial charge in [-0.3, -0.25) is 14.9 Å². The Morgan fingerprint density at radius 3 is 2.95 bits per heavy atom. The maximum absolute atomic E-state index is 11.9. The highest BCUT2D eigenvalue weighted by atomic mass is 16.4. The minimum Gasteiger partial charge on any atom is -0.478 e. The van der Waals surface area contributed by atoms with Gasteiger partial charge in [-0.2, -0.15) is 0 Å². The number of nitrogens with one attached hydrogen (secondary N) is 2. The predicted octanol–water partition coefficient (Wildman–Crippen LogP) is 0.780. The van der Waals surface area contributed by atoms with Gasteiger partial charge in [0.1, 0.15) is 5.82 Å². The molecule has 0 aromatic carbocycles. The van der Waals surface area contributed by atoms with Crippen molar-refractivity contribution in [2.45, 2.75) is 26.3 Å². The summed E-state index contributed by atoms with van der Waals surface area (Å²) in [7, 11) is 0. The number of hydrogen-bond acceptors (Lipinski definition) is 5. The van der Waals surface area contributed by atoms with E-state index in [2.05, 4.69) is 25.5 Å². The number of hydrogen-bond donors (Lipinski definition) is 3. The molecule has 2 aromatic rings. The highest BCUT2D eigenvalue weighted by molar-refractivity contribution is 5.90. The van der Waals surface area contributed by atoms with Crippen LogP contribution in [0.2, 0.25) is 0 Å². The van der Waals surface area contributed by atoms with Crippen LogP contribution in [0.4, 0.5) is 0 Å². The van der Waals surface area contributed by atoms with Crippen molar-refractivity contribution < 1.29 is 14.7 Å². The van der Waals surface area contributed by atoms with E-state index in [9.17, 15) is 9.59 Å². The number of carboxylic acid groups (broad SMARTS) is 1. The van der Waals surface area contributed by atoms with Crippen molar-refractivity contribution in [1.82, 2.24) is 25.5 Å². The molecule has 0 aliphatic heterocycles. The molecule has 8 heteroatoms. The second kappa shape index (κ2) is 6.60. The van der Waals surface area contributed by atoms with Crippen LogP contribution in [0, 0.1) is 0 Å². The molecule has 0 bridgehead atoms. The van der Waals surface area contributed by atoms with E-state index in [-0.39, 0.29) is 17.9 Å². The SMILES string of the molecule is CCCc1nc(C(=O)NCc2cc(C(=O)O)ccn2)n[nH]1. The monoisotopic (exact) mass is 289 g/mol. The highest BCUT2D eigenvalue weighted by Crippen LogP contribution is 2.02. The predicted molar refractivity (Wildman–Crippen MR) is 72.7 cm³/mol. The van der Waals surface area contributed by atoms with E-state index < -0.39 is 11.9 Å². The van der Waals surface area contributed by atoms with Gasteiger partial charge in [-0.05, 0) is 18.6 Å². The van der Waals surface area contributed by atoms with Crippen molar-refractivity contribution in [2.24, 2.45) is 0 Å². The van der Waals surface area contributed by atoms with Crippen molar-refractivity contribution in [3.63, 3.8) is 0 Å². The van der Waals surface area contributed by atoms with Gasteiger partial charge >= 0.3 is 5.97 Å². The standard InChI is InChI=1S/C13H15N5O3/c1-2-3-10-16-11(18-17-10)12(19)15-7-9-6-8(13(20)21)4-5-14-9/h4-6H,2-3,7H2,1H3,(H,15,19)(H,20,21)(H,16,17,18). The molecule has 0 radical (unpaired) electrons. The number of aromatic nitrogens is 4. The van der Waals surface area contributed by atoms with Gasteiger partial charge in [-0.15, -0.1) is 5.10 Å². The first-order valence-electron chi connectivity index (χ1n) is 6.48. The van der Waals surface area contributed by atoms with Crippen LogP contribution in [-0.2, 0) is 13.0 Å². The third-order valence-electron chi connectivity index (χ3n) is 2.72. The van der Waals surface area contributed by atoms with Crippen LogP contribution in [0.15, 0.2) is 18.3 Å². The summed E-state index contributed by atoms with van der Waals surface area (Å²) in [5.41, 5.74) is 0.574. The Hall–Kier alpha value is -2.77. The number of carbonyl (C=O) groups excluding carboxylic acids is 1. The molecule has 0 aliphatic carbocycles. The molecule has 2 rings (SSSR count). The lowest BCUT2D eigenvalue weighted by Crippen LogP contribution is -2.24. The molecule has 1 amide bonds. The zero-order valence-corrected chi connectivity index (χ0v) is 11.5. The summed E-state index contributed by atoms with van der Waals surface area (Å²) < 4.78 is 0. The fraction of sp³-hybridized carbons (Fsp3) is 0.308. The lowest BCUT2D eigenvalue weighted by atomic mass is 10.2. The molecule has 0 unspecified atom stereocenters. The topological polar surface area (TPSA) is 121 Å². The number of aromatic amines is 1. The lowest BCUT2D eigenvalue weighted by Gasteiger charge is -2.03. The average Bonchev–Trinajstić information content (AvgIpc) is 2.94. The van der Waals surface area contributed by atoms with E-state index in [1.54, 1.807) is 0 Å². The lowest BCUT2D eigenvalue weighted by molar-refractivity contribution is 0.0696. The van der Waals surface area contributed by atoms with E-state index in [1.165, 1.54) is 18.3 Å². The van der Waals surface area contributed by atoms with Gasteiger partial charge in [-0.1, -0.05) is 6.92 Å². The molecule has 0 saturated carbocycles. The zero-order chi connectivity index (χ0) is 15.2. The average molecular weight is 289 g/mol. The zero-order valence-electron chi connectivity index (χ0n) is 11.5. The first-order valence-corrected chi connectivity index (χ1v) is 6.48. The Bertz CT molecular complexity index is 653. The van der Waals surface area contributed by atoms with Crippen molar-refractivity contribution in [3.8, 4) is 0 Å². The van der Waals surface area contributed by atoms with Gasteiger partial charge in [0.25, 0.3) is 5.91 Å². The maximum atomic E-state index is 11.9. The number of H-pyrrole nitrogens is 1. The van der Waals surface area contributed by atoms with E-state index in [0.717, 1.165) is 12.8 Å². The van der Waals surface area contributed by atoms with Crippen LogP contribution in [0.1, 0.15) is 45.8 Å². The van der Waals surface area contributed by atoms with E-state index >= 15 is 0 Å². The second-order valence-electron chi connectivity index (χ2n) is 4.38. The molecule has 0 fully saturated rings. The third-order valence-corrected chi connectivity index (χ3v) is 2.72. The molecular weight excluding hydrogens is 274 g/mol. The summed E-state index contributed by atoms with van der Waals surface area (Å²) in [6.45, 7) is 2.11. The van der Waals surface area contributed by atoms with E-state index in [1.807, 2.05) is 6.92 Å². The summed E-state index contributed by atoms with van der Waals surface area (Å²) in [6.07, 6.45) is 3.02. The minimum absolute atomic E-state index is 0.0628. The Morgan fingerprint density at radius 1 is 1.43 bits per heavy atom. The number of carboxylic acids is 1. The van der Waals surface area contributed by atoms with Crippen molar-refractivity contribution in [3.05, 3.63) is 41.2 Å². The highest BCUT2D eigenvalue weighted by Gasteiger charge is 2.12. The molecule has 2 aromatic heterocycles. The summed E-state index contributed by atoms with van der Waals surface area (Å²) in [5.74, 6) is -0.749. The number of pyridine rings is 1. The summed E-state index contributed by atoms with van der Waals surface area (Å²) in [5, 5.41) is 18.0. The van der Waals surface area contributed by atoms with Crippen molar-refractivity contribution in [1.29, 1.82) is 0 Å². The number of amides is 1. The van der Waals surface area contributed by atoms with Crippen LogP contribution in [0.25, 0.3) is 0 Å². The molecule has 110 valence electrons. The van der Waals surface area contributed by atoms with Crippen LogP contribution >= 0.6 is 0 Å². The maximum Gasteiger partial charge on any atom is 0.335 e. The Kier molecular flexibility index (Phi) is 4.60. The fourth-order valence-electron chi connectivity index (χ4n) is 1.70. The van der Waals surface area contributed by atoms with Crippen LogP contribution in [-0.4, -0.2) is 37.1 Å². The Morgan fingerprint density at radius 2 is 2.24 bits per heavy atom. The molecular formula is C13H15N5O3. The number of rotatable bonds is 6. The van der Waals surface area contributed by atoms with E-state index in [4.69, 9.17) is 5.11 Å². The number of aromatic carboxylic acids is 1. The normalized spacial score (nSPS) is 10.3. The Balaban J connectivity index is 1.97. The molecule has 8 nitrogen and oxygen atoms in total. The first kappa shape index (κ1) is 14.6. The molecule has 0 aliphatic rings. The van der Waals surface area contributed by atoms with Gasteiger partial charge in [0.2, 0.25) is 5.82 Å². The van der Waals surface area contributed by atoms with Gasteiger partial charge in [0.05, 0.1) is 17.8 Å². The molecule has 0 spiro atoms. The van der Waals surface area contributed by atoms with Crippen molar-refractivity contribution in [2.75, 3.05) is 0 Å². The minimum atomic E-state index is -1.04. The van der Waals surface area contributed by atoms with Gasteiger partial charge < -0.3 is 10.4 Å². The second-order valence-corrected chi connectivity index (χ2v) is 4.38. The smallest absolute Gasteiger partial charge is 0.335 e. The quantitative estimate of drug-likeness (QED) is 0.722. The van der Waals surface area contributed by atoms with Crippen LogP contribution in [0.5, 0.6) is 0 Å². The molecule has 2 heterocycles. The summed E-state index contributed by atoms with van der Waals surface area (Å²) in [6, 6.07) is 2.79. The van der Waals surface area contributed by atoms with Gasteiger partial charge in [0, 0.05) is 12.6 Å². The first-order chi connectivity index (χ1) is 10.1. The molecule has 21 heavy (non-hydrogen) atoms. The molecule has 0 saturated heterocycles. The fourth-order valence-corrected chi connectivity index (χ4v) is 1.70. The van der Waals surface area contributed by atoms with Gasteiger partial charge in [-0.25, -0.2) is 9.78 Å². The Labute approximate surface area is 120 Å². The summed E-state index contributed by atoms with van der Waals surface area (Å²) >= 11 is 0. The van der Waals surface area contributed by atoms with Gasteiger partial charge in [0.15, 0.2) is 0 Å². The molecule has 0 atom stereocenters.